The van der Waals surface area contributed by atoms with Gasteiger partial charge >= 0.3 is 0 Å². The van der Waals surface area contributed by atoms with E-state index in [9.17, 15) is 5.11 Å². The first-order valence-electron chi connectivity index (χ1n) is 5.68. The topological polar surface area (TPSA) is 60.9 Å². The Balaban J connectivity index is 1.92. The lowest BCUT2D eigenvalue weighted by molar-refractivity contribution is 0.280. The molecule has 3 N–H and O–H groups in total. The molecule has 4 heteroatoms. The highest BCUT2D eigenvalue weighted by Gasteiger charge is 2.02. The van der Waals surface area contributed by atoms with Crippen LogP contribution in [-0.2, 0) is 19.7 Å². The molecule has 2 rings (SSSR count). The molecule has 0 aliphatic heterocycles. The van der Waals surface area contributed by atoms with Crippen LogP contribution in [0.15, 0.2) is 30.5 Å². The highest BCUT2D eigenvalue weighted by Crippen LogP contribution is 2.09. The van der Waals surface area contributed by atoms with E-state index in [4.69, 9.17) is 0 Å². The predicted molar refractivity (Wildman–Crippen MR) is 66.2 cm³/mol. The fourth-order valence-electron chi connectivity index (χ4n) is 1.77. The summed E-state index contributed by atoms with van der Waals surface area (Å²) in [6.07, 6.45) is 1.83. The van der Waals surface area contributed by atoms with Crippen molar-refractivity contribution in [3.8, 4) is 0 Å². The molecule has 0 saturated carbocycles. The molecule has 4 nitrogen and oxygen atoms in total. The largest absolute Gasteiger partial charge is 0.392 e. The van der Waals surface area contributed by atoms with Crippen molar-refractivity contribution < 1.29 is 5.11 Å². The van der Waals surface area contributed by atoms with Crippen LogP contribution in [0.3, 0.4) is 0 Å². The Morgan fingerprint density at radius 2 is 1.88 bits per heavy atom. The SMILES string of the molecule is Cc1[nH]ncc1CNCc1ccccc1CO. The van der Waals surface area contributed by atoms with Crippen molar-refractivity contribution in [3.63, 3.8) is 0 Å². The summed E-state index contributed by atoms with van der Waals surface area (Å²) in [5.74, 6) is 0. The summed E-state index contributed by atoms with van der Waals surface area (Å²) in [5.41, 5.74) is 4.37. The molecule has 0 unspecified atom stereocenters. The standard InChI is InChI=1S/C13H17N3O/c1-10-13(8-15-16-10)7-14-6-11-4-2-3-5-12(11)9-17/h2-5,8,14,17H,6-7,9H2,1H3,(H,15,16). The highest BCUT2D eigenvalue weighted by atomic mass is 16.3. The lowest BCUT2D eigenvalue weighted by atomic mass is 10.1. The first-order valence-corrected chi connectivity index (χ1v) is 5.68. The van der Waals surface area contributed by atoms with Gasteiger partial charge in [0.15, 0.2) is 0 Å². The third-order valence-electron chi connectivity index (χ3n) is 2.85. The van der Waals surface area contributed by atoms with E-state index in [1.165, 1.54) is 5.56 Å². The molecule has 1 aromatic heterocycles. The molecule has 0 spiro atoms. The maximum atomic E-state index is 9.20. The number of benzene rings is 1. The molecule has 0 aliphatic rings. The van der Waals surface area contributed by atoms with Crippen LogP contribution in [0, 0.1) is 6.92 Å². The van der Waals surface area contributed by atoms with Crippen molar-refractivity contribution in [2.45, 2.75) is 26.6 Å². The van der Waals surface area contributed by atoms with Crippen LogP contribution in [0.5, 0.6) is 0 Å². The Bertz CT molecular complexity index is 479. The van der Waals surface area contributed by atoms with Crippen LogP contribution < -0.4 is 5.32 Å². The summed E-state index contributed by atoms with van der Waals surface area (Å²) in [4.78, 5) is 0. The van der Waals surface area contributed by atoms with Crippen LogP contribution in [0.1, 0.15) is 22.4 Å². The van der Waals surface area contributed by atoms with Crippen molar-refractivity contribution in [1.82, 2.24) is 15.5 Å². The van der Waals surface area contributed by atoms with E-state index in [0.717, 1.165) is 29.9 Å². The van der Waals surface area contributed by atoms with Gasteiger partial charge in [-0.05, 0) is 18.1 Å². The number of aromatic amines is 1. The lowest BCUT2D eigenvalue weighted by Crippen LogP contribution is -2.14. The van der Waals surface area contributed by atoms with Gasteiger partial charge in [-0.15, -0.1) is 0 Å². The van der Waals surface area contributed by atoms with E-state index < -0.39 is 0 Å². The number of aromatic nitrogens is 2. The van der Waals surface area contributed by atoms with Crippen molar-refractivity contribution in [2.75, 3.05) is 0 Å². The molecular formula is C13H17N3O. The first-order chi connectivity index (χ1) is 8.31. The summed E-state index contributed by atoms with van der Waals surface area (Å²) < 4.78 is 0. The smallest absolute Gasteiger partial charge is 0.0685 e. The molecule has 0 amide bonds. The number of aryl methyl sites for hydroxylation is 1. The van der Waals surface area contributed by atoms with Gasteiger partial charge in [0.25, 0.3) is 0 Å². The Kier molecular flexibility index (Phi) is 3.90. The number of aliphatic hydroxyl groups excluding tert-OH is 1. The number of rotatable bonds is 5. The molecule has 0 saturated heterocycles. The molecule has 2 aromatic rings. The molecule has 1 aromatic carbocycles. The molecule has 17 heavy (non-hydrogen) atoms. The quantitative estimate of drug-likeness (QED) is 0.731. The first kappa shape index (κ1) is 11.8. The number of aliphatic hydroxyl groups is 1. The average Bonchev–Trinajstić information content (AvgIpc) is 2.76. The molecule has 1 heterocycles. The normalized spacial score (nSPS) is 10.7. The zero-order valence-corrected chi connectivity index (χ0v) is 9.90. The Hall–Kier alpha value is -1.65. The van der Waals surface area contributed by atoms with Crippen LogP contribution in [0.25, 0.3) is 0 Å². The fourth-order valence-corrected chi connectivity index (χ4v) is 1.77. The number of nitrogens with one attached hydrogen (secondary N) is 2. The second kappa shape index (κ2) is 5.61. The molecule has 0 atom stereocenters. The number of H-pyrrole nitrogens is 1. The van der Waals surface area contributed by atoms with E-state index in [2.05, 4.69) is 15.5 Å². The van der Waals surface area contributed by atoms with E-state index in [0.29, 0.717) is 0 Å². The maximum absolute atomic E-state index is 9.20. The second-order valence-corrected chi connectivity index (χ2v) is 4.05. The molecule has 0 fully saturated rings. The van der Waals surface area contributed by atoms with E-state index in [1.54, 1.807) is 0 Å². The van der Waals surface area contributed by atoms with E-state index in [1.807, 2.05) is 37.4 Å². The average molecular weight is 231 g/mol. The van der Waals surface area contributed by atoms with Gasteiger partial charge in [0, 0.05) is 24.3 Å². The minimum Gasteiger partial charge on any atom is -0.392 e. The Morgan fingerprint density at radius 3 is 2.53 bits per heavy atom. The van der Waals surface area contributed by atoms with Gasteiger partial charge in [-0.25, -0.2) is 0 Å². The van der Waals surface area contributed by atoms with Crippen LogP contribution in [0.2, 0.25) is 0 Å². The van der Waals surface area contributed by atoms with E-state index >= 15 is 0 Å². The summed E-state index contributed by atoms with van der Waals surface area (Å²) in [5, 5.41) is 19.4. The third kappa shape index (κ3) is 2.93. The minimum atomic E-state index is 0.0859. The Morgan fingerprint density at radius 1 is 1.18 bits per heavy atom. The van der Waals surface area contributed by atoms with E-state index in [-0.39, 0.29) is 6.61 Å². The van der Waals surface area contributed by atoms with Gasteiger partial charge in [-0.2, -0.15) is 5.10 Å². The Labute approximate surface area is 101 Å². The van der Waals surface area contributed by atoms with Crippen molar-refractivity contribution in [1.29, 1.82) is 0 Å². The number of hydrogen-bond acceptors (Lipinski definition) is 3. The van der Waals surface area contributed by atoms with Gasteiger partial charge in [-0.1, -0.05) is 24.3 Å². The highest BCUT2D eigenvalue weighted by molar-refractivity contribution is 5.26. The molecular weight excluding hydrogens is 214 g/mol. The lowest BCUT2D eigenvalue weighted by Gasteiger charge is -2.08. The maximum Gasteiger partial charge on any atom is 0.0685 e. The van der Waals surface area contributed by atoms with Gasteiger partial charge in [-0.3, -0.25) is 5.10 Å². The van der Waals surface area contributed by atoms with Crippen LogP contribution in [0.4, 0.5) is 0 Å². The second-order valence-electron chi connectivity index (χ2n) is 4.05. The zero-order chi connectivity index (χ0) is 12.1. The number of hydrogen-bond donors (Lipinski definition) is 3. The summed E-state index contributed by atoms with van der Waals surface area (Å²) >= 11 is 0. The molecule has 0 radical (unpaired) electrons. The fraction of sp³-hybridized carbons (Fsp3) is 0.308. The third-order valence-corrected chi connectivity index (χ3v) is 2.85. The van der Waals surface area contributed by atoms with Crippen LogP contribution >= 0.6 is 0 Å². The number of nitrogens with zero attached hydrogens (tertiary/aromatic N) is 1. The van der Waals surface area contributed by atoms with Crippen molar-refractivity contribution in [2.24, 2.45) is 0 Å². The molecule has 0 bridgehead atoms. The summed E-state index contributed by atoms with van der Waals surface area (Å²) in [7, 11) is 0. The summed E-state index contributed by atoms with van der Waals surface area (Å²) in [6.45, 7) is 3.62. The monoisotopic (exact) mass is 231 g/mol. The van der Waals surface area contributed by atoms with Crippen LogP contribution in [-0.4, -0.2) is 15.3 Å². The zero-order valence-electron chi connectivity index (χ0n) is 9.90. The minimum absolute atomic E-state index is 0.0859. The van der Waals surface area contributed by atoms with Crippen molar-refractivity contribution in [3.05, 3.63) is 52.8 Å². The van der Waals surface area contributed by atoms with Gasteiger partial charge in [0.1, 0.15) is 0 Å². The van der Waals surface area contributed by atoms with Gasteiger partial charge in [0.2, 0.25) is 0 Å². The summed E-state index contributed by atoms with van der Waals surface area (Å²) in [6, 6.07) is 7.90. The molecule has 0 aliphatic carbocycles. The predicted octanol–water partition coefficient (Wildman–Crippen LogP) is 1.50. The van der Waals surface area contributed by atoms with Gasteiger partial charge < -0.3 is 10.4 Å². The van der Waals surface area contributed by atoms with Gasteiger partial charge in [0.05, 0.1) is 12.8 Å². The molecule has 90 valence electrons. The van der Waals surface area contributed by atoms with Crippen molar-refractivity contribution >= 4 is 0 Å².